The van der Waals surface area contributed by atoms with Crippen LogP contribution in [0.2, 0.25) is 0 Å². The summed E-state index contributed by atoms with van der Waals surface area (Å²) in [5.74, 6) is 2.09. The summed E-state index contributed by atoms with van der Waals surface area (Å²) in [7, 11) is 0. The van der Waals surface area contributed by atoms with Gasteiger partial charge in [-0.15, -0.1) is 0 Å². The highest BCUT2D eigenvalue weighted by atomic mass is 16.1. The number of allylic oxidation sites excluding steroid dienone is 4. The Morgan fingerprint density at radius 1 is 1.18 bits per heavy atom. The second kappa shape index (κ2) is 4.43. The number of ketones is 2. The molecule has 4 rings (SSSR count). The van der Waals surface area contributed by atoms with Crippen LogP contribution >= 0.6 is 0 Å². The third kappa shape index (κ3) is 1.67. The molecule has 5 atom stereocenters. The zero-order valence-corrected chi connectivity index (χ0v) is 13.9. The molecule has 0 saturated heterocycles. The van der Waals surface area contributed by atoms with Gasteiger partial charge in [0.2, 0.25) is 0 Å². The minimum absolute atomic E-state index is 0.0903. The van der Waals surface area contributed by atoms with E-state index in [4.69, 9.17) is 0 Å². The van der Waals surface area contributed by atoms with Crippen LogP contribution in [-0.4, -0.2) is 11.6 Å². The van der Waals surface area contributed by atoms with E-state index < -0.39 is 0 Å². The van der Waals surface area contributed by atoms with Crippen molar-refractivity contribution in [3.05, 3.63) is 23.3 Å². The summed E-state index contributed by atoms with van der Waals surface area (Å²) in [6, 6.07) is 0. The molecule has 0 radical (unpaired) electrons. The van der Waals surface area contributed by atoms with Gasteiger partial charge in [0.05, 0.1) is 0 Å². The molecule has 0 amide bonds. The van der Waals surface area contributed by atoms with Crippen LogP contribution in [0, 0.1) is 28.6 Å². The number of rotatable bonds is 0. The first-order chi connectivity index (χ1) is 10.4. The van der Waals surface area contributed by atoms with Gasteiger partial charge in [-0.3, -0.25) is 9.59 Å². The fourth-order valence-corrected chi connectivity index (χ4v) is 5.98. The maximum Gasteiger partial charge on any atom is 0.155 e. The minimum Gasteiger partial charge on any atom is -0.299 e. The highest BCUT2D eigenvalue weighted by molar-refractivity contribution is 5.92. The summed E-state index contributed by atoms with van der Waals surface area (Å²) in [5, 5.41) is 0. The zero-order chi connectivity index (χ0) is 15.7. The van der Waals surface area contributed by atoms with Crippen LogP contribution in [0.25, 0.3) is 0 Å². The molecule has 2 saturated carbocycles. The third-order valence-electron chi connectivity index (χ3n) is 7.34. The minimum atomic E-state index is -0.129. The topological polar surface area (TPSA) is 34.1 Å². The Balaban J connectivity index is 1.77. The SMILES string of the molecule is C[C@@H]1C[C@H]2[C@@H]3CCC4=CC(=O)CC[C@]4(C)C3=CC[C@]2(C)C1=O. The molecule has 2 fully saturated rings. The standard InChI is InChI=1S/C20H26O2/c1-12-10-17-15-5-4-13-11-14(21)6-8-19(13,2)16(15)7-9-20(17,3)18(12)22/h7,11-12,15,17H,4-6,8-10H2,1-3H3/t12-,15-,17+,19+,20+/m1/s1. The summed E-state index contributed by atoms with van der Waals surface area (Å²) in [5.41, 5.74) is 2.87. The van der Waals surface area contributed by atoms with Crippen molar-refractivity contribution in [1.82, 2.24) is 0 Å². The van der Waals surface area contributed by atoms with E-state index in [0.717, 1.165) is 32.1 Å². The quantitative estimate of drug-likeness (QED) is 0.626. The first-order valence-electron chi connectivity index (χ1n) is 8.85. The van der Waals surface area contributed by atoms with E-state index in [1.54, 1.807) is 5.57 Å². The third-order valence-corrected chi connectivity index (χ3v) is 7.34. The zero-order valence-electron chi connectivity index (χ0n) is 13.9. The molecule has 0 N–H and O–H groups in total. The lowest BCUT2D eigenvalue weighted by atomic mass is 9.52. The molecule has 2 nitrogen and oxygen atoms in total. The lowest BCUT2D eigenvalue weighted by Crippen LogP contribution is -2.44. The Kier molecular flexibility index (Phi) is 2.90. The van der Waals surface area contributed by atoms with Gasteiger partial charge < -0.3 is 0 Å². The van der Waals surface area contributed by atoms with Crippen LogP contribution in [0.4, 0.5) is 0 Å². The highest BCUT2D eigenvalue weighted by Gasteiger charge is 2.57. The Bertz CT molecular complexity index is 626. The number of hydrogen-bond donors (Lipinski definition) is 0. The van der Waals surface area contributed by atoms with Crippen molar-refractivity contribution in [2.24, 2.45) is 28.6 Å². The van der Waals surface area contributed by atoms with E-state index in [1.165, 1.54) is 5.57 Å². The molecule has 0 spiro atoms. The van der Waals surface area contributed by atoms with Crippen molar-refractivity contribution in [3.8, 4) is 0 Å². The lowest BCUT2D eigenvalue weighted by Gasteiger charge is -2.52. The van der Waals surface area contributed by atoms with Gasteiger partial charge in [0, 0.05) is 23.2 Å². The van der Waals surface area contributed by atoms with Crippen molar-refractivity contribution in [2.45, 2.75) is 59.3 Å². The summed E-state index contributed by atoms with van der Waals surface area (Å²) < 4.78 is 0. The molecule has 0 aromatic carbocycles. The summed E-state index contributed by atoms with van der Waals surface area (Å²) >= 11 is 0. The number of fused-ring (bicyclic) bond motifs is 5. The lowest BCUT2D eigenvalue weighted by molar-refractivity contribution is -0.129. The Hall–Kier alpha value is -1.18. The summed E-state index contributed by atoms with van der Waals surface area (Å²) in [4.78, 5) is 24.5. The Morgan fingerprint density at radius 3 is 2.73 bits per heavy atom. The van der Waals surface area contributed by atoms with Crippen molar-refractivity contribution in [3.63, 3.8) is 0 Å². The predicted octanol–water partition coefficient (Wildman–Crippen LogP) is 4.25. The molecule has 118 valence electrons. The highest BCUT2D eigenvalue weighted by Crippen LogP contribution is 2.62. The van der Waals surface area contributed by atoms with E-state index in [1.807, 2.05) is 6.08 Å². The molecule has 2 heteroatoms. The van der Waals surface area contributed by atoms with Gasteiger partial charge in [0.1, 0.15) is 5.78 Å². The molecule has 0 heterocycles. The molecule has 0 bridgehead atoms. The van der Waals surface area contributed by atoms with E-state index in [0.29, 0.717) is 29.8 Å². The second-order valence-corrected chi connectivity index (χ2v) is 8.50. The van der Waals surface area contributed by atoms with Gasteiger partial charge in [-0.05, 0) is 50.0 Å². The maximum atomic E-state index is 12.7. The van der Waals surface area contributed by atoms with Crippen molar-refractivity contribution in [2.75, 3.05) is 0 Å². The van der Waals surface area contributed by atoms with Crippen molar-refractivity contribution < 1.29 is 9.59 Å². The van der Waals surface area contributed by atoms with E-state index >= 15 is 0 Å². The van der Waals surface area contributed by atoms with E-state index in [9.17, 15) is 9.59 Å². The number of Topliss-reactive ketones (excluding diaryl/α,β-unsaturated/α-hetero) is 1. The fraction of sp³-hybridized carbons (Fsp3) is 0.700. The monoisotopic (exact) mass is 298 g/mol. The van der Waals surface area contributed by atoms with Crippen LogP contribution in [0.3, 0.4) is 0 Å². The largest absolute Gasteiger partial charge is 0.299 e. The molecule has 0 aromatic rings. The first kappa shape index (κ1) is 14.4. The van der Waals surface area contributed by atoms with Gasteiger partial charge in [-0.1, -0.05) is 38.0 Å². The molecule has 0 aliphatic heterocycles. The average molecular weight is 298 g/mol. The normalized spacial score (nSPS) is 47.3. The van der Waals surface area contributed by atoms with Gasteiger partial charge in [-0.25, -0.2) is 0 Å². The molecule has 0 unspecified atom stereocenters. The number of hydrogen-bond acceptors (Lipinski definition) is 2. The number of carbonyl (C=O) groups is 2. The van der Waals surface area contributed by atoms with Crippen LogP contribution in [0.15, 0.2) is 23.3 Å². The summed E-state index contributed by atoms with van der Waals surface area (Å²) in [6.07, 6.45) is 10.1. The second-order valence-electron chi connectivity index (χ2n) is 8.50. The molecule has 22 heavy (non-hydrogen) atoms. The van der Waals surface area contributed by atoms with Crippen molar-refractivity contribution >= 4 is 11.6 Å². The predicted molar refractivity (Wildman–Crippen MR) is 86.2 cm³/mol. The van der Waals surface area contributed by atoms with E-state index in [-0.39, 0.29) is 16.7 Å². The van der Waals surface area contributed by atoms with Gasteiger partial charge in [0.15, 0.2) is 5.78 Å². The van der Waals surface area contributed by atoms with Crippen LogP contribution in [0.1, 0.15) is 59.3 Å². The fourth-order valence-electron chi connectivity index (χ4n) is 5.98. The molecular weight excluding hydrogens is 272 g/mol. The van der Waals surface area contributed by atoms with Crippen molar-refractivity contribution in [1.29, 1.82) is 0 Å². The van der Waals surface area contributed by atoms with E-state index in [2.05, 4.69) is 26.8 Å². The molecular formula is C20H26O2. The maximum absolute atomic E-state index is 12.7. The molecule has 0 aromatic heterocycles. The van der Waals surface area contributed by atoms with Gasteiger partial charge >= 0.3 is 0 Å². The van der Waals surface area contributed by atoms with Crippen LogP contribution in [0.5, 0.6) is 0 Å². The first-order valence-corrected chi connectivity index (χ1v) is 8.85. The molecule has 4 aliphatic carbocycles. The van der Waals surface area contributed by atoms with Gasteiger partial charge in [-0.2, -0.15) is 0 Å². The Morgan fingerprint density at radius 2 is 1.95 bits per heavy atom. The smallest absolute Gasteiger partial charge is 0.155 e. The summed E-state index contributed by atoms with van der Waals surface area (Å²) in [6.45, 7) is 6.65. The van der Waals surface area contributed by atoms with Crippen LogP contribution in [-0.2, 0) is 9.59 Å². The number of carbonyl (C=O) groups excluding carboxylic acids is 2. The van der Waals surface area contributed by atoms with Crippen LogP contribution < -0.4 is 0 Å². The van der Waals surface area contributed by atoms with Gasteiger partial charge in [0.25, 0.3) is 0 Å². The molecule has 4 aliphatic rings. The Labute approximate surface area is 133 Å². The average Bonchev–Trinajstić information content (AvgIpc) is 2.72.